The second-order valence-electron chi connectivity index (χ2n) is 8.40. The van der Waals surface area contributed by atoms with Crippen LogP contribution in [-0.2, 0) is 35.2 Å². The Bertz CT molecular complexity index is 1200. The minimum absolute atomic E-state index is 0.0584. The van der Waals surface area contributed by atoms with E-state index in [2.05, 4.69) is 33.6 Å². The highest BCUT2D eigenvalue weighted by molar-refractivity contribution is 7.80. The lowest BCUT2D eigenvalue weighted by atomic mass is 10.0. The summed E-state index contributed by atoms with van der Waals surface area (Å²) in [7, 11) is 0. The van der Waals surface area contributed by atoms with Gasteiger partial charge in [0.1, 0.15) is 18.1 Å². The molecule has 4 unspecified atom stereocenters. The van der Waals surface area contributed by atoms with Gasteiger partial charge in [0, 0.05) is 35.7 Å². The van der Waals surface area contributed by atoms with Gasteiger partial charge in [-0.15, -0.1) is 0 Å². The lowest BCUT2D eigenvalue weighted by Crippen LogP contribution is -2.58. The van der Waals surface area contributed by atoms with Gasteiger partial charge in [-0.2, -0.15) is 12.6 Å². The van der Waals surface area contributed by atoms with Crippen molar-refractivity contribution in [3.63, 3.8) is 0 Å². The van der Waals surface area contributed by atoms with E-state index in [1.807, 2.05) is 12.1 Å². The van der Waals surface area contributed by atoms with Crippen LogP contribution in [0.5, 0.6) is 0 Å². The third-order valence-electron chi connectivity index (χ3n) is 5.54. The molecule has 0 bridgehead atoms. The molecule has 38 heavy (non-hydrogen) atoms. The first kappa shape index (κ1) is 30.1. The number of aliphatic carboxylic acids is 3. The van der Waals surface area contributed by atoms with Crippen LogP contribution in [0.3, 0.4) is 0 Å². The minimum atomic E-state index is -1.50. The molecule has 0 fully saturated rings. The third-order valence-corrected chi connectivity index (χ3v) is 5.91. The standard InChI is InChI=1S/C23H29N5O9S/c24-13(8-19(31)32)20(33)26-15(5-6-18(29)30)21(34)28-17(10-38)22(35)27-16(23(36)37)7-11-9-25-14-4-2-1-3-12(11)14/h1-4,9,13,15-17,25,38H,5-8,10,24H2,(H,26,33)(H,27,35)(H,28,34)(H,29,30)(H,31,32)(H,36,37). The van der Waals surface area contributed by atoms with Crippen LogP contribution in [0.15, 0.2) is 30.5 Å². The molecule has 0 saturated heterocycles. The molecule has 0 aliphatic carbocycles. The second kappa shape index (κ2) is 14.0. The SMILES string of the molecule is NC(CC(=O)O)C(=O)NC(CCC(=O)O)C(=O)NC(CS)C(=O)NC(Cc1c[nH]c2ccccc12)C(=O)O. The van der Waals surface area contributed by atoms with Gasteiger partial charge in [-0.1, -0.05) is 18.2 Å². The van der Waals surface area contributed by atoms with Crippen LogP contribution in [0.4, 0.5) is 0 Å². The number of fused-ring (bicyclic) bond motifs is 1. The number of thiol groups is 1. The number of nitrogens with one attached hydrogen (secondary N) is 4. The van der Waals surface area contributed by atoms with Gasteiger partial charge in [-0.25, -0.2) is 4.79 Å². The molecule has 0 aliphatic heterocycles. The van der Waals surface area contributed by atoms with Gasteiger partial charge in [0.05, 0.1) is 12.5 Å². The summed E-state index contributed by atoms with van der Waals surface area (Å²) >= 11 is 4.04. The topological polar surface area (TPSA) is 241 Å². The van der Waals surface area contributed by atoms with Gasteiger partial charge in [0.15, 0.2) is 0 Å². The smallest absolute Gasteiger partial charge is 0.326 e. The number of benzene rings is 1. The average molecular weight is 552 g/mol. The fourth-order valence-electron chi connectivity index (χ4n) is 3.56. The molecule has 15 heteroatoms. The highest BCUT2D eigenvalue weighted by Crippen LogP contribution is 2.19. The molecule has 3 amide bonds. The number of hydrogen-bond acceptors (Lipinski definition) is 8. The molecule has 0 aliphatic rings. The van der Waals surface area contributed by atoms with Gasteiger partial charge in [-0.3, -0.25) is 24.0 Å². The zero-order valence-corrected chi connectivity index (χ0v) is 20.9. The maximum absolute atomic E-state index is 12.8. The zero-order chi connectivity index (χ0) is 28.4. The van der Waals surface area contributed by atoms with Gasteiger partial charge < -0.3 is 42.0 Å². The number of rotatable bonds is 15. The fraction of sp³-hybridized carbons (Fsp3) is 0.391. The minimum Gasteiger partial charge on any atom is -0.481 e. The molecule has 4 atom stereocenters. The number of aromatic nitrogens is 1. The number of hydrogen-bond donors (Lipinski definition) is 9. The fourth-order valence-corrected chi connectivity index (χ4v) is 3.81. The number of nitrogens with two attached hydrogens (primary N) is 1. The Morgan fingerprint density at radius 3 is 2.08 bits per heavy atom. The van der Waals surface area contributed by atoms with E-state index in [0.29, 0.717) is 5.56 Å². The van der Waals surface area contributed by atoms with Crippen LogP contribution in [0.25, 0.3) is 10.9 Å². The zero-order valence-electron chi connectivity index (χ0n) is 20.0. The summed E-state index contributed by atoms with van der Waals surface area (Å²) in [4.78, 5) is 74.5. The highest BCUT2D eigenvalue weighted by Gasteiger charge is 2.30. The summed E-state index contributed by atoms with van der Waals surface area (Å²) in [5, 5.41) is 35.1. The highest BCUT2D eigenvalue weighted by atomic mass is 32.1. The molecule has 1 heterocycles. The van der Waals surface area contributed by atoms with Crippen molar-refractivity contribution >= 4 is 59.2 Å². The maximum Gasteiger partial charge on any atom is 0.326 e. The van der Waals surface area contributed by atoms with E-state index in [-0.39, 0.29) is 18.6 Å². The van der Waals surface area contributed by atoms with Crippen molar-refractivity contribution in [3.05, 3.63) is 36.0 Å². The molecular weight excluding hydrogens is 522 g/mol. The lowest BCUT2D eigenvalue weighted by Gasteiger charge is -2.24. The first-order chi connectivity index (χ1) is 17.9. The predicted molar refractivity (Wildman–Crippen MR) is 136 cm³/mol. The summed E-state index contributed by atoms with van der Waals surface area (Å²) in [5.41, 5.74) is 6.93. The van der Waals surface area contributed by atoms with Crippen molar-refractivity contribution in [2.45, 2.75) is 49.9 Å². The first-order valence-electron chi connectivity index (χ1n) is 11.4. The van der Waals surface area contributed by atoms with E-state index in [1.54, 1.807) is 18.3 Å². The van der Waals surface area contributed by atoms with Gasteiger partial charge >= 0.3 is 17.9 Å². The molecule has 14 nitrogen and oxygen atoms in total. The number of carboxylic acid groups (broad SMARTS) is 3. The normalized spacial score (nSPS) is 14.1. The number of carboxylic acids is 3. The summed E-state index contributed by atoms with van der Waals surface area (Å²) in [6, 6.07) is 1.55. The van der Waals surface area contributed by atoms with E-state index in [9.17, 15) is 33.9 Å². The molecular formula is C23H29N5O9S. The monoisotopic (exact) mass is 551 g/mol. The lowest BCUT2D eigenvalue weighted by molar-refractivity contribution is -0.142. The average Bonchev–Trinajstić information content (AvgIpc) is 3.26. The Morgan fingerprint density at radius 1 is 0.868 bits per heavy atom. The van der Waals surface area contributed by atoms with E-state index in [0.717, 1.165) is 10.9 Å². The largest absolute Gasteiger partial charge is 0.481 e. The van der Waals surface area contributed by atoms with Crippen LogP contribution >= 0.6 is 12.6 Å². The number of aromatic amines is 1. The van der Waals surface area contributed by atoms with Crippen molar-refractivity contribution in [1.82, 2.24) is 20.9 Å². The van der Waals surface area contributed by atoms with Crippen LogP contribution < -0.4 is 21.7 Å². The van der Waals surface area contributed by atoms with Crippen molar-refractivity contribution in [1.29, 1.82) is 0 Å². The predicted octanol–water partition coefficient (Wildman–Crippen LogP) is -1.15. The number of amides is 3. The van der Waals surface area contributed by atoms with Crippen molar-refractivity contribution in [2.24, 2.45) is 5.73 Å². The Morgan fingerprint density at radius 2 is 1.47 bits per heavy atom. The van der Waals surface area contributed by atoms with Crippen LogP contribution in [-0.4, -0.2) is 85.9 Å². The molecule has 206 valence electrons. The molecule has 2 rings (SSSR count). The van der Waals surface area contributed by atoms with Crippen molar-refractivity contribution < 1.29 is 44.1 Å². The molecule has 2 aromatic rings. The Balaban J connectivity index is 2.10. The van der Waals surface area contributed by atoms with Crippen LogP contribution in [0, 0.1) is 0 Å². The molecule has 1 aromatic carbocycles. The van der Waals surface area contributed by atoms with Crippen molar-refractivity contribution in [3.8, 4) is 0 Å². The molecule has 0 saturated carbocycles. The van der Waals surface area contributed by atoms with E-state index in [1.165, 1.54) is 0 Å². The molecule has 1 aromatic heterocycles. The van der Waals surface area contributed by atoms with Crippen LogP contribution in [0.1, 0.15) is 24.8 Å². The van der Waals surface area contributed by atoms with Gasteiger partial charge in [0.25, 0.3) is 0 Å². The van der Waals surface area contributed by atoms with Gasteiger partial charge in [-0.05, 0) is 18.1 Å². The van der Waals surface area contributed by atoms with Gasteiger partial charge in [0.2, 0.25) is 17.7 Å². The Hall–Kier alpha value is -4.11. The Labute approximate surface area is 221 Å². The summed E-state index contributed by atoms with van der Waals surface area (Å²) in [6.07, 6.45) is -0.0673. The maximum atomic E-state index is 12.8. The number of para-hydroxylation sites is 1. The number of carbonyl (C=O) groups is 6. The van der Waals surface area contributed by atoms with Crippen LogP contribution in [0.2, 0.25) is 0 Å². The number of carbonyl (C=O) groups excluding carboxylic acids is 3. The quantitative estimate of drug-likeness (QED) is 0.120. The molecule has 0 radical (unpaired) electrons. The van der Waals surface area contributed by atoms with E-state index in [4.69, 9.17) is 15.9 Å². The Kier molecular flexibility index (Phi) is 11.1. The summed E-state index contributed by atoms with van der Waals surface area (Å²) in [5.74, 6) is -7.02. The van der Waals surface area contributed by atoms with E-state index < -0.39 is 72.6 Å². The summed E-state index contributed by atoms with van der Waals surface area (Å²) in [6.45, 7) is 0. The molecule has 9 N–H and O–H groups in total. The first-order valence-corrected chi connectivity index (χ1v) is 12.0. The summed E-state index contributed by atoms with van der Waals surface area (Å²) < 4.78 is 0. The number of H-pyrrole nitrogens is 1. The molecule has 0 spiro atoms. The third kappa shape index (κ3) is 8.77. The van der Waals surface area contributed by atoms with E-state index >= 15 is 0 Å². The van der Waals surface area contributed by atoms with Crippen molar-refractivity contribution in [2.75, 3.05) is 5.75 Å². The second-order valence-corrected chi connectivity index (χ2v) is 8.77.